The maximum Gasteiger partial charge on any atom is 0.243 e. The van der Waals surface area contributed by atoms with E-state index in [0.717, 1.165) is 5.56 Å². The van der Waals surface area contributed by atoms with Crippen molar-refractivity contribution in [2.75, 3.05) is 37.9 Å². The molecule has 2 N–H and O–H groups in total. The Hall–Kier alpha value is -3.22. The Kier molecular flexibility index (Phi) is 6.47. The standard InChI is InChI=1S/C22H27N5O6S/c1-14-8-15(10-23-9-14)20-24-25-21(26-34(29,30)11-18(28)22(2)12-33-13-22)27(20)19-16(31-3)6-5-7-17(19)32-4/h5-10,18,28H,11-13H2,1-4H3,(H,25,26)/t18-/m1/s1. The highest BCUT2D eigenvalue weighted by atomic mass is 32.2. The van der Waals surface area contributed by atoms with Crippen LogP contribution in [0.25, 0.3) is 17.1 Å². The highest BCUT2D eigenvalue weighted by molar-refractivity contribution is 7.92. The van der Waals surface area contributed by atoms with Crippen molar-refractivity contribution in [3.05, 3.63) is 42.2 Å². The monoisotopic (exact) mass is 489 g/mol. The molecule has 1 saturated heterocycles. The summed E-state index contributed by atoms with van der Waals surface area (Å²) in [5.74, 6) is 0.559. The number of pyridine rings is 1. The number of hydrogen-bond donors (Lipinski definition) is 2. The summed E-state index contributed by atoms with van der Waals surface area (Å²) in [5.41, 5.74) is 1.30. The van der Waals surface area contributed by atoms with Gasteiger partial charge in [-0.1, -0.05) is 13.0 Å². The van der Waals surface area contributed by atoms with Crippen LogP contribution in [-0.2, 0) is 14.8 Å². The molecular weight excluding hydrogens is 462 g/mol. The smallest absolute Gasteiger partial charge is 0.243 e. The molecule has 3 heterocycles. The Labute approximate surface area is 197 Å². The van der Waals surface area contributed by atoms with E-state index in [9.17, 15) is 13.5 Å². The second-order valence-electron chi connectivity index (χ2n) is 8.49. The van der Waals surface area contributed by atoms with E-state index in [2.05, 4.69) is 19.9 Å². The molecule has 182 valence electrons. The third-order valence-electron chi connectivity index (χ3n) is 5.71. The van der Waals surface area contributed by atoms with E-state index in [-0.39, 0.29) is 5.95 Å². The number of aromatic nitrogens is 4. The van der Waals surface area contributed by atoms with Gasteiger partial charge >= 0.3 is 0 Å². The quantitative estimate of drug-likeness (QED) is 0.461. The lowest BCUT2D eigenvalue weighted by Gasteiger charge is -2.41. The first kappa shape index (κ1) is 23.9. The maximum absolute atomic E-state index is 13.0. The van der Waals surface area contributed by atoms with Crippen LogP contribution in [0.4, 0.5) is 5.95 Å². The maximum atomic E-state index is 13.0. The number of aryl methyl sites for hydroxylation is 1. The first-order valence-electron chi connectivity index (χ1n) is 10.5. The van der Waals surface area contributed by atoms with Crippen LogP contribution in [0.1, 0.15) is 12.5 Å². The van der Waals surface area contributed by atoms with Gasteiger partial charge in [-0.15, -0.1) is 10.2 Å². The zero-order valence-corrected chi connectivity index (χ0v) is 20.2. The average Bonchev–Trinajstić information content (AvgIpc) is 3.18. The van der Waals surface area contributed by atoms with Crippen LogP contribution in [0.3, 0.4) is 0 Å². The molecule has 1 aliphatic rings. The Morgan fingerprint density at radius 2 is 1.88 bits per heavy atom. The summed E-state index contributed by atoms with van der Waals surface area (Å²) in [5, 5.41) is 18.9. The molecule has 0 radical (unpaired) electrons. The third-order valence-corrected chi connectivity index (χ3v) is 6.96. The zero-order chi connectivity index (χ0) is 24.5. The van der Waals surface area contributed by atoms with Crippen molar-refractivity contribution in [2.24, 2.45) is 5.41 Å². The van der Waals surface area contributed by atoms with Crippen molar-refractivity contribution in [1.82, 2.24) is 19.7 Å². The van der Waals surface area contributed by atoms with Gasteiger partial charge in [0, 0.05) is 23.4 Å². The summed E-state index contributed by atoms with van der Waals surface area (Å²) in [6.07, 6.45) is 2.19. The molecule has 1 atom stereocenters. The van der Waals surface area contributed by atoms with Crippen LogP contribution >= 0.6 is 0 Å². The van der Waals surface area contributed by atoms with Crippen LogP contribution in [0.2, 0.25) is 0 Å². The van der Waals surface area contributed by atoms with Crippen molar-refractivity contribution in [1.29, 1.82) is 0 Å². The van der Waals surface area contributed by atoms with Gasteiger partial charge in [-0.25, -0.2) is 8.42 Å². The largest absolute Gasteiger partial charge is 0.494 e. The van der Waals surface area contributed by atoms with Crippen molar-refractivity contribution >= 4 is 16.0 Å². The number of rotatable bonds is 9. The molecule has 0 unspecified atom stereocenters. The van der Waals surface area contributed by atoms with Crippen molar-refractivity contribution in [3.8, 4) is 28.6 Å². The summed E-state index contributed by atoms with van der Waals surface area (Å²) in [6.45, 7) is 4.25. The number of nitrogens with one attached hydrogen (secondary N) is 1. The first-order chi connectivity index (χ1) is 16.2. The van der Waals surface area contributed by atoms with Gasteiger partial charge in [-0.3, -0.25) is 14.3 Å². The lowest BCUT2D eigenvalue weighted by atomic mass is 9.83. The minimum absolute atomic E-state index is 0.0819. The summed E-state index contributed by atoms with van der Waals surface area (Å²) in [4.78, 5) is 4.22. The number of ether oxygens (including phenoxy) is 3. The normalized spacial score (nSPS) is 15.9. The number of aliphatic hydroxyl groups is 1. The van der Waals surface area contributed by atoms with E-state index < -0.39 is 27.3 Å². The van der Waals surface area contributed by atoms with E-state index in [1.807, 2.05) is 13.0 Å². The molecule has 0 bridgehead atoms. The van der Waals surface area contributed by atoms with Gasteiger partial charge in [0.2, 0.25) is 16.0 Å². The number of anilines is 1. The fraction of sp³-hybridized carbons (Fsp3) is 0.409. The van der Waals surface area contributed by atoms with Gasteiger partial charge in [0.05, 0.1) is 39.3 Å². The van der Waals surface area contributed by atoms with Crippen LogP contribution in [0, 0.1) is 12.3 Å². The number of benzene rings is 1. The third kappa shape index (κ3) is 4.56. The molecule has 0 spiro atoms. The highest BCUT2D eigenvalue weighted by Crippen LogP contribution is 2.38. The van der Waals surface area contributed by atoms with Gasteiger partial charge in [-0.05, 0) is 30.7 Å². The van der Waals surface area contributed by atoms with Crippen molar-refractivity contribution < 1.29 is 27.7 Å². The van der Waals surface area contributed by atoms with Gasteiger partial charge in [0.15, 0.2) is 5.82 Å². The number of nitrogens with zero attached hydrogens (tertiary/aromatic N) is 4. The molecule has 0 aliphatic carbocycles. The second kappa shape index (κ2) is 9.20. The molecular formula is C22H27N5O6S. The molecule has 11 nitrogen and oxygen atoms in total. The predicted octanol–water partition coefficient (Wildman–Crippen LogP) is 1.79. The van der Waals surface area contributed by atoms with E-state index in [1.165, 1.54) is 18.8 Å². The zero-order valence-electron chi connectivity index (χ0n) is 19.3. The molecule has 0 amide bonds. The molecule has 12 heteroatoms. The molecule has 34 heavy (non-hydrogen) atoms. The average molecular weight is 490 g/mol. The van der Waals surface area contributed by atoms with E-state index in [1.54, 1.807) is 37.5 Å². The van der Waals surface area contributed by atoms with E-state index >= 15 is 0 Å². The molecule has 0 saturated carbocycles. The predicted molar refractivity (Wildman–Crippen MR) is 125 cm³/mol. The van der Waals surface area contributed by atoms with E-state index in [4.69, 9.17) is 14.2 Å². The lowest BCUT2D eigenvalue weighted by Crippen LogP contribution is -2.52. The van der Waals surface area contributed by atoms with Gasteiger partial charge in [0.25, 0.3) is 0 Å². The lowest BCUT2D eigenvalue weighted by molar-refractivity contribution is -0.154. The minimum Gasteiger partial charge on any atom is -0.494 e. The van der Waals surface area contributed by atoms with Crippen LogP contribution < -0.4 is 14.2 Å². The summed E-state index contributed by atoms with van der Waals surface area (Å²) >= 11 is 0. The Morgan fingerprint density at radius 1 is 1.21 bits per heavy atom. The Morgan fingerprint density at radius 3 is 2.44 bits per heavy atom. The molecule has 1 aromatic carbocycles. The number of para-hydroxylation sites is 1. The fourth-order valence-corrected chi connectivity index (χ4v) is 5.00. The van der Waals surface area contributed by atoms with Gasteiger partial charge in [-0.2, -0.15) is 0 Å². The Bertz CT molecular complexity index is 1270. The summed E-state index contributed by atoms with van der Waals surface area (Å²) in [6, 6.07) is 7.04. The molecule has 4 rings (SSSR count). The summed E-state index contributed by atoms with van der Waals surface area (Å²) in [7, 11) is -1.02. The topological polar surface area (TPSA) is 138 Å². The van der Waals surface area contributed by atoms with Crippen LogP contribution in [0.5, 0.6) is 11.5 Å². The highest BCUT2D eigenvalue weighted by Gasteiger charge is 2.42. The fourth-order valence-electron chi connectivity index (χ4n) is 3.68. The number of methoxy groups -OCH3 is 2. The summed E-state index contributed by atoms with van der Waals surface area (Å²) < 4.78 is 46.2. The Balaban J connectivity index is 1.82. The van der Waals surface area contributed by atoms with Crippen LogP contribution in [-0.4, -0.2) is 72.6 Å². The van der Waals surface area contributed by atoms with Crippen LogP contribution in [0.15, 0.2) is 36.7 Å². The van der Waals surface area contributed by atoms with E-state index in [0.29, 0.717) is 41.8 Å². The minimum atomic E-state index is -4.02. The second-order valence-corrected chi connectivity index (χ2v) is 10.3. The SMILES string of the molecule is COc1cccc(OC)c1-n1c(NS(=O)(=O)C[C@@H](O)C2(C)COC2)nnc1-c1cncc(C)c1. The van der Waals surface area contributed by atoms with Gasteiger partial charge in [0.1, 0.15) is 17.2 Å². The number of aliphatic hydroxyl groups excluding tert-OH is 1. The number of sulfonamides is 1. The molecule has 1 fully saturated rings. The molecule has 3 aromatic rings. The van der Waals surface area contributed by atoms with Gasteiger partial charge < -0.3 is 19.3 Å². The van der Waals surface area contributed by atoms with Crippen molar-refractivity contribution in [2.45, 2.75) is 20.0 Å². The molecule has 2 aromatic heterocycles. The molecule has 1 aliphatic heterocycles. The number of hydrogen-bond acceptors (Lipinski definition) is 9. The van der Waals surface area contributed by atoms with Crippen molar-refractivity contribution in [3.63, 3.8) is 0 Å². The first-order valence-corrected chi connectivity index (χ1v) is 12.2.